The minimum Gasteiger partial charge on any atom is -0.473 e. The van der Waals surface area contributed by atoms with Gasteiger partial charge in [0.15, 0.2) is 6.73 Å². The van der Waals surface area contributed by atoms with Crippen LogP contribution in [0.25, 0.3) is 5.69 Å². The van der Waals surface area contributed by atoms with Crippen molar-refractivity contribution < 1.29 is 9.53 Å². The maximum atomic E-state index is 11.7. The van der Waals surface area contributed by atoms with Crippen molar-refractivity contribution in [3.05, 3.63) is 65.0 Å². The van der Waals surface area contributed by atoms with Crippen molar-refractivity contribution in [3.63, 3.8) is 0 Å². The number of tetrazole rings is 1. The molecule has 2 aromatic carbocycles. The van der Waals surface area contributed by atoms with E-state index in [0.29, 0.717) is 18.0 Å². The zero-order valence-corrected chi connectivity index (χ0v) is 19.6. The number of nitrogens with zero attached hydrogens (tertiary/aromatic N) is 3. The number of aromatic amines is 1. The van der Waals surface area contributed by atoms with Crippen LogP contribution in [0.1, 0.15) is 25.3 Å². The van der Waals surface area contributed by atoms with Gasteiger partial charge in [-0.15, -0.1) is 0 Å². The van der Waals surface area contributed by atoms with Gasteiger partial charge < -0.3 is 20.7 Å². The maximum Gasteiger partial charge on any atom is 0.243 e. The van der Waals surface area contributed by atoms with Crippen LogP contribution in [0, 0.1) is 4.77 Å². The lowest BCUT2D eigenvalue weighted by Crippen LogP contribution is -2.21. The Balaban J connectivity index is 1.55. The smallest absolute Gasteiger partial charge is 0.243 e. The van der Waals surface area contributed by atoms with Crippen LogP contribution in [0.15, 0.2) is 54.6 Å². The summed E-state index contributed by atoms with van der Waals surface area (Å²) in [5, 5.41) is 19.5. The number of aryl methyl sites for hydroxylation is 1. The first-order valence-electron chi connectivity index (χ1n) is 10.8. The number of H-pyrrole nitrogens is 1. The first-order valence-corrected chi connectivity index (χ1v) is 11.2. The number of hydrogen-bond donors (Lipinski definition) is 4. The number of allylic oxidation sites excluding steroid dienone is 1. The van der Waals surface area contributed by atoms with Gasteiger partial charge in [0.05, 0.1) is 5.69 Å². The van der Waals surface area contributed by atoms with E-state index >= 15 is 0 Å². The predicted molar refractivity (Wildman–Crippen MR) is 132 cm³/mol. The molecule has 3 aromatic rings. The molecular weight excluding hydrogens is 438 g/mol. The van der Waals surface area contributed by atoms with E-state index in [0.717, 1.165) is 47.6 Å². The van der Waals surface area contributed by atoms with Gasteiger partial charge >= 0.3 is 0 Å². The van der Waals surface area contributed by atoms with E-state index in [-0.39, 0.29) is 5.91 Å². The minimum absolute atomic E-state index is 0.0518. The molecule has 0 aliphatic rings. The van der Waals surface area contributed by atoms with E-state index in [1.807, 2.05) is 62.5 Å². The van der Waals surface area contributed by atoms with Crippen molar-refractivity contribution in [2.75, 3.05) is 31.0 Å². The number of carbonyl (C=O) groups excluding carboxylic acids is 1. The lowest BCUT2D eigenvalue weighted by atomic mass is 10.1. The van der Waals surface area contributed by atoms with Crippen molar-refractivity contribution >= 4 is 29.5 Å². The lowest BCUT2D eigenvalue weighted by Gasteiger charge is -2.13. The van der Waals surface area contributed by atoms with Crippen LogP contribution >= 0.6 is 12.2 Å². The summed E-state index contributed by atoms with van der Waals surface area (Å²) in [4.78, 5) is 11.7. The normalized spacial score (nSPS) is 10.8. The van der Waals surface area contributed by atoms with Crippen LogP contribution in [-0.2, 0) is 11.2 Å². The van der Waals surface area contributed by atoms with Crippen molar-refractivity contribution in [2.45, 2.75) is 26.2 Å². The molecule has 1 heterocycles. The largest absolute Gasteiger partial charge is 0.473 e. The third kappa shape index (κ3) is 7.18. The monoisotopic (exact) mass is 467 g/mol. The average molecular weight is 468 g/mol. The fourth-order valence-corrected chi connectivity index (χ4v) is 3.36. The Bertz CT molecular complexity index is 1140. The van der Waals surface area contributed by atoms with Crippen molar-refractivity contribution in [1.29, 1.82) is 0 Å². The summed E-state index contributed by atoms with van der Waals surface area (Å²) in [5.74, 6) is 0.710. The molecule has 0 spiro atoms. The first kappa shape index (κ1) is 24.0. The molecule has 0 fully saturated rings. The Hall–Kier alpha value is -3.66. The quantitative estimate of drug-likeness (QED) is 0.182. The van der Waals surface area contributed by atoms with Gasteiger partial charge in [0.25, 0.3) is 0 Å². The highest BCUT2D eigenvalue weighted by Gasteiger charge is 2.05. The average Bonchev–Trinajstić information content (AvgIpc) is 3.26. The molecule has 10 heteroatoms. The predicted octanol–water partition coefficient (Wildman–Crippen LogP) is 3.83. The molecule has 3 rings (SSSR count). The van der Waals surface area contributed by atoms with Crippen molar-refractivity contribution in [3.8, 4) is 11.4 Å². The van der Waals surface area contributed by atoms with Crippen LogP contribution in [-0.4, -0.2) is 46.4 Å². The van der Waals surface area contributed by atoms with E-state index in [9.17, 15) is 4.79 Å². The molecule has 0 atom stereocenters. The van der Waals surface area contributed by atoms with Gasteiger partial charge in [0.1, 0.15) is 5.75 Å². The van der Waals surface area contributed by atoms with Gasteiger partial charge in [-0.05, 0) is 79.5 Å². The van der Waals surface area contributed by atoms with Gasteiger partial charge in [-0.1, -0.05) is 29.4 Å². The van der Waals surface area contributed by atoms with Gasteiger partial charge in [-0.2, -0.15) is 5.21 Å². The summed E-state index contributed by atoms with van der Waals surface area (Å²) in [6.07, 6.45) is 5.97. The van der Waals surface area contributed by atoms with E-state index in [2.05, 4.69) is 31.5 Å². The molecule has 0 aliphatic carbocycles. The number of rotatable bonds is 12. The molecule has 0 radical (unpaired) electrons. The number of carbonyl (C=O) groups is 1. The first-order chi connectivity index (χ1) is 16.1. The maximum absolute atomic E-state index is 11.7. The number of aromatic nitrogens is 4. The second-order valence-electron chi connectivity index (χ2n) is 7.23. The van der Waals surface area contributed by atoms with Gasteiger partial charge in [0.2, 0.25) is 10.7 Å². The molecule has 174 valence electrons. The molecule has 0 aliphatic heterocycles. The van der Waals surface area contributed by atoms with E-state index in [1.165, 1.54) is 0 Å². The van der Waals surface area contributed by atoms with Crippen LogP contribution in [0.5, 0.6) is 5.75 Å². The third-order valence-electron chi connectivity index (χ3n) is 4.84. The minimum atomic E-state index is -0.0518. The third-order valence-corrected chi connectivity index (χ3v) is 5.10. The Morgan fingerprint density at radius 2 is 2.15 bits per heavy atom. The van der Waals surface area contributed by atoms with Crippen molar-refractivity contribution in [2.24, 2.45) is 0 Å². The van der Waals surface area contributed by atoms with Crippen molar-refractivity contribution in [1.82, 2.24) is 25.5 Å². The summed E-state index contributed by atoms with van der Waals surface area (Å²) in [6.45, 7) is 3.02. The summed E-state index contributed by atoms with van der Waals surface area (Å²) in [6, 6.07) is 13.6. The molecule has 0 bridgehead atoms. The van der Waals surface area contributed by atoms with Gasteiger partial charge in [-0.3, -0.25) is 4.79 Å². The molecule has 9 nitrogen and oxygen atoms in total. The van der Waals surface area contributed by atoms with E-state index in [4.69, 9.17) is 17.0 Å². The highest BCUT2D eigenvalue weighted by Crippen LogP contribution is 2.23. The van der Waals surface area contributed by atoms with Gasteiger partial charge in [-0.25, -0.2) is 4.68 Å². The van der Waals surface area contributed by atoms with E-state index < -0.39 is 0 Å². The summed E-state index contributed by atoms with van der Waals surface area (Å²) in [7, 11) is 1.89. The fourth-order valence-electron chi connectivity index (χ4n) is 3.17. The second-order valence-corrected chi connectivity index (χ2v) is 7.60. The molecule has 0 saturated carbocycles. The highest BCUT2D eigenvalue weighted by atomic mass is 32.1. The topological polar surface area (TPSA) is 109 Å². The lowest BCUT2D eigenvalue weighted by molar-refractivity contribution is -0.116. The van der Waals surface area contributed by atoms with Gasteiger partial charge in [0, 0.05) is 25.0 Å². The molecular formula is C23H29N7O2S. The van der Waals surface area contributed by atoms with Crippen LogP contribution in [0.2, 0.25) is 0 Å². The number of hydrogen-bond acceptors (Lipinski definition) is 7. The highest BCUT2D eigenvalue weighted by molar-refractivity contribution is 7.71. The number of nitrogens with one attached hydrogen (secondary N) is 4. The Morgan fingerprint density at radius 1 is 1.27 bits per heavy atom. The number of amides is 1. The number of ether oxygens (including phenoxy) is 1. The van der Waals surface area contributed by atoms with Crippen LogP contribution in [0.4, 0.5) is 11.4 Å². The molecule has 4 N–H and O–H groups in total. The number of benzene rings is 2. The Kier molecular flexibility index (Phi) is 9.01. The molecule has 0 unspecified atom stereocenters. The standard InChI is InChI=1S/C23H29N7O2S/c1-3-13-25-22(31)10-5-4-7-17-14-20(11-12-21(17)24-2)32-16-26-18-8-6-9-19(15-18)30-23(33)27-28-29-30/h5-6,8-12,14-15,24,26H,3-4,7,13,16H2,1-2H3,(H,25,31)(H,27,29,33). The zero-order valence-electron chi connectivity index (χ0n) is 18.8. The van der Waals surface area contributed by atoms with E-state index in [1.54, 1.807) is 10.8 Å². The molecule has 1 aromatic heterocycles. The SMILES string of the molecule is CCCNC(=O)C=CCCc1cc(OCNc2cccc(-n3[nH]nnc3=S)c2)ccc1NC. The second kappa shape index (κ2) is 12.4. The number of anilines is 2. The van der Waals surface area contributed by atoms with Crippen LogP contribution in [0.3, 0.4) is 0 Å². The zero-order chi connectivity index (χ0) is 23.5. The summed E-state index contributed by atoms with van der Waals surface area (Å²) in [5.41, 5.74) is 3.86. The summed E-state index contributed by atoms with van der Waals surface area (Å²) < 4.78 is 7.89. The Morgan fingerprint density at radius 3 is 2.91 bits per heavy atom. The molecule has 1 amide bonds. The summed E-state index contributed by atoms with van der Waals surface area (Å²) >= 11 is 5.15. The molecule has 33 heavy (non-hydrogen) atoms. The fraction of sp³-hybridized carbons (Fsp3) is 0.304. The molecule has 0 saturated heterocycles. The van der Waals surface area contributed by atoms with Crippen LogP contribution < -0.4 is 20.7 Å². The Labute approximate surface area is 198 Å².